The molecule has 2 aliphatic heterocycles. The number of likely N-dealkylation sites (N-methyl/N-ethyl adjacent to an activating group) is 1. The van der Waals surface area contributed by atoms with Crippen LogP contribution >= 0.6 is 0 Å². The van der Waals surface area contributed by atoms with Crippen LogP contribution in [0, 0.1) is 5.92 Å². The molecule has 2 N–H and O–H groups in total. The van der Waals surface area contributed by atoms with Gasteiger partial charge in [0.2, 0.25) is 0 Å². The number of rotatable bonds is 4. The number of amides is 2. The van der Waals surface area contributed by atoms with Gasteiger partial charge in [0.25, 0.3) is 0 Å². The fourth-order valence-corrected chi connectivity index (χ4v) is 3.36. The first-order chi connectivity index (χ1) is 10.0. The third-order valence-corrected chi connectivity index (χ3v) is 4.52. The van der Waals surface area contributed by atoms with Crippen molar-refractivity contribution in [1.82, 2.24) is 15.1 Å². The smallest absolute Gasteiger partial charge is 0.317 e. The topological polar surface area (TPSA) is 72.9 Å². The maximum Gasteiger partial charge on any atom is 0.317 e. The SMILES string of the molecule is CN1CCCC(NC(=O)N2CCCC(CCC(=O)O)C2)C1. The molecule has 21 heavy (non-hydrogen) atoms. The number of hydrogen-bond donors (Lipinski definition) is 2. The molecule has 0 aromatic rings. The number of urea groups is 1. The van der Waals surface area contributed by atoms with E-state index in [-0.39, 0.29) is 18.5 Å². The van der Waals surface area contributed by atoms with Crippen molar-refractivity contribution in [2.45, 2.75) is 44.6 Å². The van der Waals surface area contributed by atoms with Gasteiger partial charge in [-0.05, 0) is 51.6 Å². The summed E-state index contributed by atoms with van der Waals surface area (Å²) >= 11 is 0. The molecular weight excluding hydrogens is 270 g/mol. The van der Waals surface area contributed by atoms with E-state index >= 15 is 0 Å². The highest BCUT2D eigenvalue weighted by atomic mass is 16.4. The Balaban J connectivity index is 1.77. The molecule has 0 aromatic carbocycles. The van der Waals surface area contributed by atoms with Crippen molar-refractivity contribution in [3.63, 3.8) is 0 Å². The predicted molar refractivity (Wildman–Crippen MR) is 80.2 cm³/mol. The van der Waals surface area contributed by atoms with Crippen LogP contribution in [0.15, 0.2) is 0 Å². The number of piperidine rings is 2. The number of nitrogens with zero attached hydrogens (tertiary/aromatic N) is 2. The maximum atomic E-state index is 12.3. The van der Waals surface area contributed by atoms with Gasteiger partial charge in [0.05, 0.1) is 0 Å². The number of carboxylic acids is 1. The lowest BCUT2D eigenvalue weighted by Gasteiger charge is -2.36. The molecule has 0 aliphatic carbocycles. The second-order valence-corrected chi connectivity index (χ2v) is 6.44. The fourth-order valence-electron chi connectivity index (χ4n) is 3.36. The first kappa shape index (κ1) is 16.1. The predicted octanol–water partition coefficient (Wildman–Crippen LogP) is 1.37. The van der Waals surface area contributed by atoms with Crippen molar-refractivity contribution >= 4 is 12.0 Å². The van der Waals surface area contributed by atoms with Crippen molar-refractivity contribution in [1.29, 1.82) is 0 Å². The molecule has 0 spiro atoms. The van der Waals surface area contributed by atoms with Crippen molar-refractivity contribution in [2.24, 2.45) is 5.92 Å². The second kappa shape index (κ2) is 7.64. The van der Waals surface area contributed by atoms with E-state index < -0.39 is 5.97 Å². The normalized spacial score (nSPS) is 27.4. The van der Waals surface area contributed by atoms with Gasteiger partial charge in [0.1, 0.15) is 0 Å². The van der Waals surface area contributed by atoms with Gasteiger partial charge < -0.3 is 20.2 Å². The monoisotopic (exact) mass is 297 g/mol. The van der Waals surface area contributed by atoms with Gasteiger partial charge in [-0.3, -0.25) is 4.79 Å². The van der Waals surface area contributed by atoms with Crippen molar-refractivity contribution in [2.75, 3.05) is 33.2 Å². The van der Waals surface area contributed by atoms with E-state index in [2.05, 4.69) is 17.3 Å². The summed E-state index contributed by atoms with van der Waals surface area (Å²) in [6, 6.07) is 0.269. The number of carbonyl (C=O) groups is 2. The van der Waals surface area contributed by atoms with E-state index in [9.17, 15) is 9.59 Å². The van der Waals surface area contributed by atoms with E-state index in [1.165, 1.54) is 0 Å². The summed E-state index contributed by atoms with van der Waals surface area (Å²) in [6.45, 7) is 3.51. The molecule has 0 aromatic heterocycles. The molecule has 2 amide bonds. The van der Waals surface area contributed by atoms with Gasteiger partial charge in [-0.25, -0.2) is 4.79 Å². The molecule has 6 nitrogen and oxygen atoms in total. The molecule has 0 saturated carbocycles. The Morgan fingerprint density at radius 3 is 2.67 bits per heavy atom. The first-order valence-electron chi connectivity index (χ1n) is 8.00. The highest BCUT2D eigenvalue weighted by molar-refractivity contribution is 5.74. The van der Waals surface area contributed by atoms with Crippen LogP contribution < -0.4 is 5.32 Å². The number of aliphatic carboxylic acids is 1. The lowest BCUT2D eigenvalue weighted by atomic mass is 9.93. The standard InChI is InChI=1S/C15H27N3O3/c1-17-8-3-5-13(11-17)16-15(21)18-9-2-4-12(10-18)6-7-14(19)20/h12-13H,2-11H2,1H3,(H,16,21)(H,19,20). The molecule has 6 heteroatoms. The van der Waals surface area contributed by atoms with Gasteiger partial charge in [-0.15, -0.1) is 0 Å². The maximum absolute atomic E-state index is 12.3. The Morgan fingerprint density at radius 2 is 1.95 bits per heavy atom. The number of likely N-dealkylation sites (tertiary alicyclic amines) is 2. The van der Waals surface area contributed by atoms with Gasteiger partial charge in [0, 0.05) is 32.1 Å². The zero-order chi connectivity index (χ0) is 15.2. The summed E-state index contributed by atoms with van der Waals surface area (Å²) < 4.78 is 0. The van der Waals surface area contributed by atoms with Crippen LogP contribution in [-0.4, -0.2) is 66.2 Å². The number of carboxylic acid groups (broad SMARTS) is 1. The highest BCUT2D eigenvalue weighted by Gasteiger charge is 2.26. The Bertz CT molecular complexity index is 375. The van der Waals surface area contributed by atoms with Crippen LogP contribution in [0.3, 0.4) is 0 Å². The van der Waals surface area contributed by atoms with Crippen molar-refractivity contribution in [3.8, 4) is 0 Å². The van der Waals surface area contributed by atoms with Crippen LogP contribution in [0.5, 0.6) is 0 Å². The number of hydrogen-bond acceptors (Lipinski definition) is 3. The van der Waals surface area contributed by atoms with Crippen molar-refractivity contribution < 1.29 is 14.7 Å². The van der Waals surface area contributed by atoms with Crippen LogP contribution in [0.2, 0.25) is 0 Å². The zero-order valence-corrected chi connectivity index (χ0v) is 12.9. The van der Waals surface area contributed by atoms with E-state index in [0.29, 0.717) is 18.9 Å². The Kier molecular flexibility index (Phi) is 5.85. The third-order valence-electron chi connectivity index (χ3n) is 4.52. The molecular formula is C15H27N3O3. The summed E-state index contributed by atoms with van der Waals surface area (Å²) in [5.41, 5.74) is 0. The first-order valence-corrected chi connectivity index (χ1v) is 8.00. The van der Waals surface area contributed by atoms with Gasteiger partial charge in [-0.1, -0.05) is 0 Å². The molecule has 120 valence electrons. The molecule has 2 fully saturated rings. The Morgan fingerprint density at radius 1 is 1.19 bits per heavy atom. The molecule has 2 saturated heterocycles. The van der Waals surface area contributed by atoms with E-state index in [1.54, 1.807) is 0 Å². The summed E-state index contributed by atoms with van der Waals surface area (Å²) in [4.78, 5) is 27.1. The lowest BCUT2D eigenvalue weighted by Crippen LogP contribution is -2.52. The van der Waals surface area contributed by atoms with E-state index in [1.807, 2.05) is 4.90 Å². The third kappa shape index (κ3) is 5.19. The molecule has 0 bridgehead atoms. The zero-order valence-electron chi connectivity index (χ0n) is 12.9. The molecule has 2 rings (SSSR count). The Labute approximate surface area is 126 Å². The molecule has 2 heterocycles. The van der Waals surface area contributed by atoms with Crippen molar-refractivity contribution in [3.05, 3.63) is 0 Å². The fraction of sp³-hybridized carbons (Fsp3) is 0.867. The molecule has 2 aliphatic rings. The highest BCUT2D eigenvalue weighted by Crippen LogP contribution is 2.21. The molecule has 2 unspecified atom stereocenters. The van der Waals surface area contributed by atoms with Gasteiger partial charge in [-0.2, -0.15) is 0 Å². The summed E-state index contributed by atoms with van der Waals surface area (Å²) in [6.07, 6.45) is 5.05. The quantitative estimate of drug-likeness (QED) is 0.822. The second-order valence-electron chi connectivity index (χ2n) is 6.44. The molecule has 2 atom stereocenters. The minimum atomic E-state index is -0.748. The Hall–Kier alpha value is -1.30. The van der Waals surface area contributed by atoms with Crippen LogP contribution in [0.25, 0.3) is 0 Å². The van der Waals surface area contributed by atoms with E-state index in [0.717, 1.165) is 45.3 Å². The minimum Gasteiger partial charge on any atom is -0.481 e. The number of carbonyl (C=O) groups excluding carboxylic acids is 1. The summed E-state index contributed by atoms with van der Waals surface area (Å²) in [7, 11) is 2.08. The van der Waals surface area contributed by atoms with Crippen LogP contribution in [0.1, 0.15) is 38.5 Å². The molecule has 0 radical (unpaired) electrons. The average Bonchev–Trinajstić information content (AvgIpc) is 2.45. The minimum absolute atomic E-state index is 0.0234. The van der Waals surface area contributed by atoms with Gasteiger partial charge >= 0.3 is 12.0 Å². The lowest BCUT2D eigenvalue weighted by molar-refractivity contribution is -0.137. The van der Waals surface area contributed by atoms with E-state index in [4.69, 9.17) is 5.11 Å². The number of nitrogens with one attached hydrogen (secondary N) is 1. The largest absolute Gasteiger partial charge is 0.481 e. The van der Waals surface area contributed by atoms with Gasteiger partial charge in [0.15, 0.2) is 0 Å². The van der Waals surface area contributed by atoms with Crippen LogP contribution in [0.4, 0.5) is 4.79 Å². The summed E-state index contributed by atoms with van der Waals surface area (Å²) in [5.74, 6) is -0.420. The average molecular weight is 297 g/mol. The summed E-state index contributed by atoms with van der Waals surface area (Å²) in [5, 5.41) is 11.9. The van der Waals surface area contributed by atoms with Crippen LogP contribution in [-0.2, 0) is 4.79 Å².